The second-order valence-corrected chi connectivity index (χ2v) is 11.4. The van der Waals surface area contributed by atoms with Gasteiger partial charge in [0.25, 0.3) is 0 Å². The quantitative estimate of drug-likeness (QED) is 0.167. The third-order valence-electron chi connectivity index (χ3n) is 5.26. The maximum Gasteiger partial charge on any atom is 0.108 e. The van der Waals surface area contributed by atoms with Crippen LogP contribution < -0.4 is 0 Å². The molecule has 0 saturated carbocycles. The Morgan fingerprint density at radius 1 is 0.605 bits per heavy atom. The molecule has 0 saturated heterocycles. The molecule has 224 valence electrons. The molecule has 0 amide bonds. The summed E-state index contributed by atoms with van der Waals surface area (Å²) in [6.07, 6.45) is 6.22. The van der Waals surface area contributed by atoms with Gasteiger partial charge >= 0.3 is 0 Å². The van der Waals surface area contributed by atoms with Crippen LogP contribution in [0.4, 0.5) is 0 Å². The molecule has 10 nitrogen and oxygen atoms in total. The average molecular weight is 546 g/mol. The maximum absolute atomic E-state index is 5.74. The summed E-state index contributed by atoms with van der Waals surface area (Å²) in [6, 6.07) is 0. The summed E-state index contributed by atoms with van der Waals surface area (Å²) in [6.45, 7) is 21.2. The lowest BCUT2D eigenvalue weighted by molar-refractivity contribution is -0.0186. The van der Waals surface area contributed by atoms with E-state index in [9.17, 15) is 0 Å². The zero-order chi connectivity index (χ0) is 28.0. The van der Waals surface area contributed by atoms with Crippen LogP contribution in [-0.4, -0.2) is 99.9 Å². The van der Waals surface area contributed by atoms with Crippen LogP contribution in [0.2, 0.25) is 0 Å². The Kier molecular flexibility index (Phi) is 19.9. The highest BCUT2D eigenvalue weighted by atomic mass is 16.6. The predicted octanol–water partition coefficient (Wildman–Crippen LogP) is 4.30. The zero-order valence-electron chi connectivity index (χ0n) is 25.0. The number of unbranched alkanes of at least 4 members (excludes halogenated alkanes) is 2. The molecule has 1 heterocycles. The second kappa shape index (κ2) is 21.7. The van der Waals surface area contributed by atoms with Crippen LogP contribution >= 0.6 is 0 Å². The largest absolute Gasteiger partial charge is 0.379 e. The van der Waals surface area contributed by atoms with Crippen LogP contribution in [-0.2, 0) is 46.3 Å². The molecule has 1 aromatic rings. The van der Waals surface area contributed by atoms with Crippen molar-refractivity contribution < 1.29 is 33.2 Å². The van der Waals surface area contributed by atoms with Gasteiger partial charge in [-0.3, -0.25) is 4.68 Å². The Labute approximate surface area is 231 Å². The van der Waals surface area contributed by atoms with E-state index in [-0.39, 0.29) is 5.60 Å². The number of ether oxygens (including phenoxy) is 7. The van der Waals surface area contributed by atoms with Crippen LogP contribution in [0.1, 0.15) is 72.9 Å². The van der Waals surface area contributed by atoms with E-state index in [1.807, 2.05) is 10.9 Å². The summed E-state index contributed by atoms with van der Waals surface area (Å²) >= 11 is 0. The van der Waals surface area contributed by atoms with Gasteiger partial charge in [0, 0.05) is 19.8 Å². The van der Waals surface area contributed by atoms with Crippen molar-refractivity contribution in [2.45, 2.75) is 86.0 Å². The van der Waals surface area contributed by atoms with Crippen LogP contribution in [0.25, 0.3) is 0 Å². The Hall–Kier alpha value is -1.14. The van der Waals surface area contributed by atoms with Crippen molar-refractivity contribution in [3.8, 4) is 0 Å². The first-order chi connectivity index (χ1) is 18.2. The minimum atomic E-state index is -0.0621. The molecule has 0 spiro atoms. The molecule has 10 heteroatoms. The van der Waals surface area contributed by atoms with Crippen LogP contribution in [0.5, 0.6) is 0 Å². The molecule has 38 heavy (non-hydrogen) atoms. The third-order valence-corrected chi connectivity index (χ3v) is 5.26. The molecule has 0 N–H and O–H groups in total. The number of nitrogens with zero attached hydrogens (tertiary/aromatic N) is 3. The van der Waals surface area contributed by atoms with Crippen molar-refractivity contribution in [2.24, 2.45) is 5.41 Å². The number of rotatable bonds is 25. The first-order valence-corrected chi connectivity index (χ1v) is 14.2. The van der Waals surface area contributed by atoms with Gasteiger partial charge in [0.05, 0.1) is 84.5 Å². The van der Waals surface area contributed by atoms with Crippen molar-refractivity contribution >= 4 is 0 Å². The van der Waals surface area contributed by atoms with Gasteiger partial charge in [-0.2, -0.15) is 0 Å². The molecule has 0 fully saturated rings. The maximum atomic E-state index is 5.74. The van der Waals surface area contributed by atoms with Gasteiger partial charge in [-0.15, -0.1) is 5.10 Å². The van der Waals surface area contributed by atoms with Crippen molar-refractivity contribution in [1.29, 1.82) is 0 Å². The lowest BCUT2D eigenvalue weighted by atomic mass is 9.93. The number of aryl methyl sites for hydroxylation is 1. The van der Waals surface area contributed by atoms with Crippen LogP contribution in [0.3, 0.4) is 0 Å². The third kappa shape index (κ3) is 23.9. The molecule has 0 aliphatic rings. The number of hydrogen-bond donors (Lipinski definition) is 0. The molecule has 0 radical (unpaired) electrons. The summed E-state index contributed by atoms with van der Waals surface area (Å²) in [5.74, 6) is 0. The van der Waals surface area contributed by atoms with Crippen LogP contribution in [0, 0.1) is 5.41 Å². The van der Waals surface area contributed by atoms with Crippen molar-refractivity contribution in [1.82, 2.24) is 15.0 Å². The van der Waals surface area contributed by atoms with E-state index in [0.29, 0.717) is 78.1 Å². The SMILES string of the molecule is CC(C)(C)CCOCCOCCOCCOCCOCCOCc1cn(CCCCCOC(C)(C)C)nn1. The molecule has 1 aromatic heterocycles. The Balaban J connectivity index is 1.79. The highest BCUT2D eigenvalue weighted by molar-refractivity contribution is 4.89. The van der Waals surface area contributed by atoms with Gasteiger partial charge in [0.1, 0.15) is 5.69 Å². The summed E-state index contributed by atoms with van der Waals surface area (Å²) in [4.78, 5) is 0. The smallest absolute Gasteiger partial charge is 0.108 e. The van der Waals surface area contributed by atoms with Crippen molar-refractivity contribution in [2.75, 3.05) is 79.3 Å². The van der Waals surface area contributed by atoms with Crippen molar-refractivity contribution in [3.05, 3.63) is 11.9 Å². The van der Waals surface area contributed by atoms with Gasteiger partial charge in [0.15, 0.2) is 0 Å². The molecule has 0 aliphatic carbocycles. The van der Waals surface area contributed by atoms with E-state index in [2.05, 4.69) is 51.9 Å². The highest BCUT2D eigenvalue weighted by Crippen LogP contribution is 2.17. The van der Waals surface area contributed by atoms with Crippen LogP contribution in [0.15, 0.2) is 6.20 Å². The zero-order valence-corrected chi connectivity index (χ0v) is 25.0. The average Bonchev–Trinajstić information content (AvgIpc) is 3.29. The second-order valence-electron chi connectivity index (χ2n) is 11.4. The first-order valence-electron chi connectivity index (χ1n) is 14.2. The van der Waals surface area contributed by atoms with Crippen molar-refractivity contribution in [3.63, 3.8) is 0 Å². The molecule has 0 aliphatic heterocycles. The Bertz CT molecular complexity index is 660. The molecular formula is C28H55N3O7. The molecule has 0 aromatic carbocycles. The number of aromatic nitrogens is 3. The molecular weight excluding hydrogens is 490 g/mol. The van der Waals surface area contributed by atoms with Gasteiger partial charge in [-0.1, -0.05) is 26.0 Å². The van der Waals surface area contributed by atoms with Gasteiger partial charge in [0.2, 0.25) is 0 Å². The lowest BCUT2D eigenvalue weighted by Gasteiger charge is -2.19. The molecule has 0 atom stereocenters. The summed E-state index contributed by atoms with van der Waals surface area (Å²) in [7, 11) is 0. The highest BCUT2D eigenvalue weighted by Gasteiger charge is 2.09. The fourth-order valence-electron chi connectivity index (χ4n) is 3.10. The minimum absolute atomic E-state index is 0.0621. The first kappa shape index (κ1) is 34.9. The van der Waals surface area contributed by atoms with E-state index in [0.717, 1.165) is 51.1 Å². The lowest BCUT2D eigenvalue weighted by Crippen LogP contribution is -2.19. The molecule has 0 unspecified atom stereocenters. The monoisotopic (exact) mass is 545 g/mol. The standard InChI is InChI=1S/C28H55N3O7/c1-27(2,3)10-13-32-14-15-33-16-17-34-18-19-35-20-21-36-22-23-37-25-26-24-31(30-29-26)11-8-7-9-12-38-28(4,5)6/h24H,7-23,25H2,1-6H3. The van der Waals surface area contributed by atoms with E-state index in [1.165, 1.54) is 0 Å². The predicted molar refractivity (Wildman–Crippen MR) is 147 cm³/mol. The summed E-state index contributed by atoms with van der Waals surface area (Å²) < 4.78 is 40.8. The van der Waals surface area contributed by atoms with Gasteiger partial charge in [-0.25, -0.2) is 0 Å². The molecule has 0 bridgehead atoms. The topological polar surface area (TPSA) is 95.3 Å². The van der Waals surface area contributed by atoms with Gasteiger partial charge < -0.3 is 33.2 Å². The summed E-state index contributed by atoms with van der Waals surface area (Å²) in [5, 5.41) is 8.33. The minimum Gasteiger partial charge on any atom is -0.379 e. The fourth-order valence-corrected chi connectivity index (χ4v) is 3.10. The molecule has 1 rings (SSSR count). The normalized spacial score (nSPS) is 12.5. The van der Waals surface area contributed by atoms with E-state index >= 15 is 0 Å². The Morgan fingerprint density at radius 2 is 1.11 bits per heavy atom. The van der Waals surface area contributed by atoms with E-state index in [4.69, 9.17) is 33.2 Å². The fraction of sp³-hybridized carbons (Fsp3) is 0.929. The summed E-state index contributed by atoms with van der Waals surface area (Å²) in [5.41, 5.74) is 1.08. The van der Waals surface area contributed by atoms with E-state index in [1.54, 1.807) is 0 Å². The Morgan fingerprint density at radius 3 is 1.61 bits per heavy atom. The van der Waals surface area contributed by atoms with E-state index < -0.39 is 0 Å². The van der Waals surface area contributed by atoms with Gasteiger partial charge in [-0.05, 0) is 51.9 Å². The number of hydrogen-bond acceptors (Lipinski definition) is 9.